The molecule has 1 N–H and O–H groups in total. The van der Waals surface area contributed by atoms with E-state index in [1.807, 2.05) is 0 Å². The number of likely N-dealkylation sites (tertiary alicyclic amines) is 1. The van der Waals surface area contributed by atoms with E-state index in [4.69, 9.17) is 4.74 Å². The van der Waals surface area contributed by atoms with Crippen LogP contribution in [0.15, 0.2) is 5.10 Å². The third-order valence-electron chi connectivity index (χ3n) is 3.39. The van der Waals surface area contributed by atoms with Gasteiger partial charge in [0.15, 0.2) is 0 Å². The predicted molar refractivity (Wildman–Crippen MR) is 66.1 cm³/mol. The molecule has 0 spiro atoms. The molecule has 1 fully saturated rings. The van der Waals surface area contributed by atoms with Gasteiger partial charge in [0.05, 0.1) is 13.0 Å². The zero-order chi connectivity index (χ0) is 13.8. The molecule has 2 aliphatic heterocycles. The maximum absolute atomic E-state index is 12.2. The number of amides is 2. The zero-order valence-electron chi connectivity index (χ0n) is 10.8. The number of rotatable bonds is 2. The van der Waals surface area contributed by atoms with Crippen LogP contribution in [0, 0.1) is 5.92 Å². The van der Waals surface area contributed by atoms with Crippen LogP contribution in [0.25, 0.3) is 0 Å². The number of nitrogens with one attached hydrogen (secondary N) is 1. The first kappa shape index (κ1) is 13.5. The van der Waals surface area contributed by atoms with Crippen molar-refractivity contribution in [3.05, 3.63) is 0 Å². The molecule has 0 aromatic rings. The van der Waals surface area contributed by atoms with E-state index in [1.54, 1.807) is 4.90 Å². The van der Waals surface area contributed by atoms with Crippen LogP contribution >= 0.6 is 0 Å². The third-order valence-corrected chi connectivity index (χ3v) is 3.39. The average Bonchev–Trinajstić information content (AvgIpc) is 2.46. The second-order valence-electron chi connectivity index (χ2n) is 4.71. The monoisotopic (exact) mass is 267 g/mol. The molecule has 1 saturated heterocycles. The van der Waals surface area contributed by atoms with Crippen molar-refractivity contribution >= 4 is 23.5 Å². The van der Waals surface area contributed by atoms with Gasteiger partial charge in [-0.15, -0.1) is 0 Å². The van der Waals surface area contributed by atoms with Crippen molar-refractivity contribution < 1.29 is 19.1 Å². The lowest BCUT2D eigenvalue weighted by molar-refractivity contribution is -0.148. The topological polar surface area (TPSA) is 88.1 Å². The van der Waals surface area contributed by atoms with Gasteiger partial charge in [-0.05, 0) is 12.8 Å². The molecule has 2 amide bonds. The summed E-state index contributed by atoms with van der Waals surface area (Å²) >= 11 is 0. The Morgan fingerprint density at radius 1 is 1.42 bits per heavy atom. The highest BCUT2D eigenvalue weighted by Gasteiger charge is 2.31. The van der Waals surface area contributed by atoms with Crippen LogP contribution in [-0.4, -0.2) is 48.6 Å². The molecule has 7 heteroatoms. The zero-order valence-corrected chi connectivity index (χ0v) is 10.8. The minimum Gasteiger partial charge on any atom is -0.469 e. The number of hydrazone groups is 1. The number of carbonyl (C=O) groups is 3. The predicted octanol–water partition coefficient (Wildman–Crippen LogP) is -0.336. The van der Waals surface area contributed by atoms with Crippen LogP contribution in [0.4, 0.5) is 0 Å². The first-order chi connectivity index (χ1) is 9.11. The van der Waals surface area contributed by atoms with E-state index in [-0.39, 0.29) is 30.1 Å². The summed E-state index contributed by atoms with van der Waals surface area (Å²) in [5.41, 5.74) is 2.66. The van der Waals surface area contributed by atoms with Crippen molar-refractivity contribution in [1.29, 1.82) is 0 Å². The van der Waals surface area contributed by atoms with Crippen molar-refractivity contribution in [2.24, 2.45) is 11.0 Å². The molecule has 2 heterocycles. The second-order valence-corrected chi connectivity index (χ2v) is 4.71. The largest absolute Gasteiger partial charge is 0.469 e. The van der Waals surface area contributed by atoms with Gasteiger partial charge in [0.25, 0.3) is 5.91 Å². The Labute approximate surface area is 111 Å². The van der Waals surface area contributed by atoms with Gasteiger partial charge in [-0.25, -0.2) is 5.43 Å². The summed E-state index contributed by atoms with van der Waals surface area (Å²) in [6.45, 7) is 0.970. The summed E-state index contributed by atoms with van der Waals surface area (Å²) in [4.78, 5) is 36.3. The van der Waals surface area contributed by atoms with Crippen LogP contribution in [-0.2, 0) is 19.1 Å². The summed E-state index contributed by atoms with van der Waals surface area (Å²) in [5, 5.41) is 3.79. The van der Waals surface area contributed by atoms with Crippen LogP contribution in [0.2, 0.25) is 0 Å². The van der Waals surface area contributed by atoms with Crippen molar-refractivity contribution in [1.82, 2.24) is 10.3 Å². The first-order valence-electron chi connectivity index (χ1n) is 6.34. The van der Waals surface area contributed by atoms with Gasteiger partial charge in [0, 0.05) is 25.9 Å². The fourth-order valence-electron chi connectivity index (χ4n) is 2.33. The Hall–Kier alpha value is -1.92. The Balaban J connectivity index is 1.99. The van der Waals surface area contributed by atoms with E-state index >= 15 is 0 Å². The quantitative estimate of drug-likeness (QED) is 0.693. The Bertz CT molecular complexity index is 433. The molecule has 0 saturated carbocycles. The van der Waals surface area contributed by atoms with Gasteiger partial charge >= 0.3 is 5.97 Å². The van der Waals surface area contributed by atoms with E-state index < -0.39 is 0 Å². The Morgan fingerprint density at radius 3 is 2.84 bits per heavy atom. The summed E-state index contributed by atoms with van der Waals surface area (Å²) < 4.78 is 4.71. The lowest BCUT2D eigenvalue weighted by Gasteiger charge is -2.31. The van der Waals surface area contributed by atoms with Gasteiger partial charge in [0.1, 0.15) is 5.71 Å². The summed E-state index contributed by atoms with van der Waals surface area (Å²) in [6.07, 6.45) is 2.13. The van der Waals surface area contributed by atoms with Gasteiger partial charge in [-0.1, -0.05) is 0 Å². The standard InChI is InChI=1S/C12H17N3O4/c1-19-12(18)8-3-2-6-15(7-8)11(17)9-4-5-10(16)14-13-9/h8H,2-7H2,1H3,(H,14,16). The smallest absolute Gasteiger partial charge is 0.310 e. The van der Waals surface area contributed by atoms with Gasteiger partial charge < -0.3 is 9.64 Å². The van der Waals surface area contributed by atoms with E-state index in [0.29, 0.717) is 25.2 Å². The van der Waals surface area contributed by atoms with E-state index in [0.717, 1.165) is 12.8 Å². The second kappa shape index (κ2) is 5.81. The highest BCUT2D eigenvalue weighted by atomic mass is 16.5. The molecule has 1 unspecified atom stereocenters. The van der Waals surface area contributed by atoms with Crippen molar-refractivity contribution in [2.75, 3.05) is 20.2 Å². The molecular weight excluding hydrogens is 250 g/mol. The first-order valence-corrected chi connectivity index (χ1v) is 6.34. The average molecular weight is 267 g/mol. The molecule has 104 valence electrons. The number of hydrogen-bond donors (Lipinski definition) is 1. The fraction of sp³-hybridized carbons (Fsp3) is 0.667. The molecule has 0 bridgehead atoms. The SMILES string of the molecule is COC(=O)C1CCCN(C(=O)C2=NNC(=O)CC2)C1. The normalized spacial score (nSPS) is 23.4. The van der Waals surface area contributed by atoms with Gasteiger partial charge in [-0.2, -0.15) is 5.10 Å². The Kier molecular flexibility index (Phi) is 4.13. The fourth-order valence-corrected chi connectivity index (χ4v) is 2.33. The molecule has 0 aromatic carbocycles. The minimum absolute atomic E-state index is 0.178. The molecule has 19 heavy (non-hydrogen) atoms. The van der Waals surface area contributed by atoms with Gasteiger partial charge in [0.2, 0.25) is 5.91 Å². The minimum atomic E-state index is -0.281. The van der Waals surface area contributed by atoms with Crippen molar-refractivity contribution in [3.63, 3.8) is 0 Å². The molecule has 0 aliphatic carbocycles. The number of esters is 1. The third kappa shape index (κ3) is 3.10. The van der Waals surface area contributed by atoms with Crippen LogP contribution in [0.1, 0.15) is 25.7 Å². The van der Waals surface area contributed by atoms with E-state index in [1.165, 1.54) is 7.11 Å². The lowest BCUT2D eigenvalue weighted by Crippen LogP contribution is -2.46. The van der Waals surface area contributed by atoms with Crippen LogP contribution in [0.3, 0.4) is 0 Å². The molecule has 0 radical (unpaired) electrons. The molecule has 1 atom stereocenters. The van der Waals surface area contributed by atoms with Crippen molar-refractivity contribution in [3.8, 4) is 0 Å². The van der Waals surface area contributed by atoms with Gasteiger partial charge in [-0.3, -0.25) is 14.4 Å². The van der Waals surface area contributed by atoms with Crippen molar-refractivity contribution in [2.45, 2.75) is 25.7 Å². The maximum Gasteiger partial charge on any atom is 0.310 e. The van der Waals surface area contributed by atoms with Crippen LogP contribution in [0.5, 0.6) is 0 Å². The molecule has 7 nitrogen and oxygen atoms in total. The highest BCUT2D eigenvalue weighted by Crippen LogP contribution is 2.18. The lowest BCUT2D eigenvalue weighted by atomic mass is 9.97. The highest BCUT2D eigenvalue weighted by molar-refractivity contribution is 6.39. The number of carbonyl (C=O) groups excluding carboxylic acids is 3. The molecule has 0 aromatic heterocycles. The van der Waals surface area contributed by atoms with Crippen LogP contribution < -0.4 is 5.43 Å². The number of methoxy groups -OCH3 is 1. The maximum atomic E-state index is 12.2. The molecular formula is C12H17N3O4. The summed E-state index contributed by atoms with van der Waals surface area (Å²) in [7, 11) is 1.35. The number of nitrogens with zero attached hydrogens (tertiary/aromatic N) is 2. The molecule has 2 rings (SSSR count). The van der Waals surface area contributed by atoms with E-state index in [2.05, 4.69) is 10.5 Å². The summed E-state index contributed by atoms with van der Waals surface area (Å²) in [5.74, 6) is -0.922. The van der Waals surface area contributed by atoms with E-state index in [9.17, 15) is 14.4 Å². The number of piperidine rings is 1. The number of hydrogen-bond acceptors (Lipinski definition) is 5. The number of ether oxygens (including phenoxy) is 1. The summed E-state index contributed by atoms with van der Waals surface area (Å²) in [6, 6.07) is 0. The molecule has 2 aliphatic rings. The Morgan fingerprint density at radius 2 is 2.21 bits per heavy atom.